The topological polar surface area (TPSA) is 148 Å². The quantitative estimate of drug-likeness (QED) is 0.440. The van der Waals surface area contributed by atoms with E-state index in [0.29, 0.717) is 13.2 Å². The van der Waals surface area contributed by atoms with E-state index in [1.807, 2.05) is 0 Å². The lowest BCUT2D eigenvalue weighted by molar-refractivity contribution is 0.0596. The van der Waals surface area contributed by atoms with Gasteiger partial charge < -0.3 is 14.2 Å². The molecule has 0 spiro atoms. The van der Waals surface area contributed by atoms with Gasteiger partial charge in [0.2, 0.25) is 4.80 Å². The standard InChI is InChI=1S/C17H18N6O6S2/c1-4-28-15-19-14(20-16(21-15)29-5-2)23-17(30-10-18-23)22-31(25,26)12-9-7-6-8-11(12)13(24)27-3/h6-10H,4-5H2,1-3H3. The number of hydrogen-bond donors (Lipinski definition) is 0. The predicted octanol–water partition coefficient (Wildman–Crippen LogP) is 0.992. The molecule has 2 aromatic heterocycles. The molecule has 1 aromatic carbocycles. The smallest absolute Gasteiger partial charge is 0.339 e. The Morgan fingerprint density at radius 3 is 2.35 bits per heavy atom. The van der Waals surface area contributed by atoms with Gasteiger partial charge in [-0.1, -0.05) is 23.5 Å². The van der Waals surface area contributed by atoms with Crippen LogP contribution in [0.2, 0.25) is 0 Å². The van der Waals surface area contributed by atoms with Gasteiger partial charge in [0.1, 0.15) is 10.4 Å². The maximum atomic E-state index is 13.0. The van der Waals surface area contributed by atoms with Crippen molar-refractivity contribution in [1.82, 2.24) is 24.7 Å². The molecule has 0 saturated heterocycles. The number of carbonyl (C=O) groups is 1. The van der Waals surface area contributed by atoms with Gasteiger partial charge in [-0.2, -0.15) is 28.2 Å². The molecule has 0 aliphatic heterocycles. The zero-order valence-corrected chi connectivity index (χ0v) is 18.4. The molecule has 0 atom stereocenters. The molecule has 3 aromatic rings. The van der Waals surface area contributed by atoms with E-state index < -0.39 is 16.0 Å². The first-order valence-electron chi connectivity index (χ1n) is 8.92. The SMILES string of the molecule is CCOc1nc(OCC)nc(-n2ncsc2=NS(=O)(=O)c2ccccc2C(=O)OC)n1. The molecule has 0 bridgehead atoms. The number of carbonyl (C=O) groups excluding carboxylic acids is 1. The van der Waals surface area contributed by atoms with Crippen LogP contribution in [0.5, 0.6) is 12.0 Å². The number of esters is 1. The second kappa shape index (κ2) is 9.61. The lowest BCUT2D eigenvalue weighted by Gasteiger charge is -2.07. The van der Waals surface area contributed by atoms with Crippen LogP contribution in [-0.2, 0) is 14.8 Å². The molecule has 0 radical (unpaired) electrons. The van der Waals surface area contributed by atoms with E-state index >= 15 is 0 Å². The van der Waals surface area contributed by atoms with Crippen molar-refractivity contribution in [3.05, 3.63) is 40.1 Å². The van der Waals surface area contributed by atoms with E-state index in [4.69, 9.17) is 9.47 Å². The first-order valence-corrected chi connectivity index (χ1v) is 11.2. The molecular weight excluding hydrogens is 448 g/mol. The molecular formula is C17H18N6O6S2. The van der Waals surface area contributed by atoms with E-state index in [0.717, 1.165) is 23.1 Å². The minimum absolute atomic E-state index is 0.0127. The van der Waals surface area contributed by atoms with E-state index in [1.54, 1.807) is 13.8 Å². The fourth-order valence-corrected chi connectivity index (χ4v) is 4.34. The Balaban J connectivity index is 2.13. The number of methoxy groups -OCH3 is 1. The molecule has 0 aliphatic carbocycles. The Labute approximate surface area is 181 Å². The van der Waals surface area contributed by atoms with Crippen molar-refractivity contribution in [1.29, 1.82) is 0 Å². The number of benzene rings is 1. The third-order valence-corrected chi connectivity index (χ3v) is 5.70. The maximum Gasteiger partial charge on any atom is 0.339 e. The Hall–Kier alpha value is -3.39. The summed E-state index contributed by atoms with van der Waals surface area (Å²) in [6, 6.07) is 5.57. The van der Waals surface area contributed by atoms with Crippen LogP contribution in [0.1, 0.15) is 24.2 Å². The average molecular weight is 467 g/mol. The van der Waals surface area contributed by atoms with Crippen molar-refractivity contribution >= 4 is 27.3 Å². The number of ether oxygens (including phenoxy) is 3. The normalized spacial score (nSPS) is 11.9. The molecule has 0 saturated carbocycles. The summed E-state index contributed by atoms with van der Waals surface area (Å²) in [7, 11) is -3.14. The monoisotopic (exact) mass is 466 g/mol. The van der Waals surface area contributed by atoms with Crippen LogP contribution in [0, 0.1) is 0 Å². The van der Waals surface area contributed by atoms with Crippen molar-refractivity contribution < 1.29 is 27.4 Å². The molecule has 0 unspecified atom stereocenters. The van der Waals surface area contributed by atoms with Gasteiger partial charge in [-0.15, -0.1) is 9.38 Å². The van der Waals surface area contributed by atoms with Crippen LogP contribution in [0.3, 0.4) is 0 Å². The molecule has 14 heteroatoms. The van der Waals surface area contributed by atoms with Crippen molar-refractivity contribution in [3.8, 4) is 18.0 Å². The van der Waals surface area contributed by atoms with Crippen LogP contribution in [0.15, 0.2) is 39.1 Å². The van der Waals surface area contributed by atoms with E-state index in [1.165, 1.54) is 29.8 Å². The van der Waals surface area contributed by atoms with Gasteiger partial charge in [-0.3, -0.25) is 0 Å². The Morgan fingerprint density at radius 1 is 1.10 bits per heavy atom. The number of sulfonamides is 1. The predicted molar refractivity (Wildman–Crippen MR) is 108 cm³/mol. The minimum Gasteiger partial charge on any atom is -0.465 e. The van der Waals surface area contributed by atoms with Gasteiger partial charge in [0.25, 0.3) is 16.0 Å². The minimum atomic E-state index is -4.30. The van der Waals surface area contributed by atoms with Crippen LogP contribution < -0.4 is 14.3 Å². The molecule has 0 aliphatic rings. The van der Waals surface area contributed by atoms with Gasteiger partial charge in [-0.05, 0) is 26.0 Å². The summed E-state index contributed by atoms with van der Waals surface area (Å²) in [4.78, 5) is 23.9. The van der Waals surface area contributed by atoms with E-state index in [-0.39, 0.29) is 33.2 Å². The summed E-state index contributed by atoms with van der Waals surface area (Å²) in [6.07, 6.45) is 0. The van der Waals surface area contributed by atoms with Crippen molar-refractivity contribution in [2.24, 2.45) is 4.40 Å². The zero-order valence-electron chi connectivity index (χ0n) is 16.8. The number of rotatable bonds is 8. The lowest BCUT2D eigenvalue weighted by atomic mass is 10.2. The number of hydrogen-bond acceptors (Lipinski definition) is 11. The molecule has 2 heterocycles. The number of aromatic nitrogens is 5. The summed E-state index contributed by atoms with van der Waals surface area (Å²) in [5, 5.41) is 4.06. The van der Waals surface area contributed by atoms with Gasteiger partial charge in [-0.25, -0.2) is 4.79 Å². The Bertz CT molecular complexity index is 1230. The lowest BCUT2D eigenvalue weighted by Crippen LogP contribution is -2.21. The molecule has 12 nitrogen and oxygen atoms in total. The fraction of sp³-hybridized carbons (Fsp3) is 0.294. The third-order valence-electron chi connectivity index (χ3n) is 3.59. The molecule has 0 amide bonds. The molecule has 31 heavy (non-hydrogen) atoms. The van der Waals surface area contributed by atoms with E-state index in [2.05, 4.69) is 29.2 Å². The van der Waals surface area contributed by atoms with Crippen molar-refractivity contribution in [2.45, 2.75) is 18.7 Å². The second-order valence-electron chi connectivity index (χ2n) is 5.55. The Morgan fingerprint density at radius 2 is 1.74 bits per heavy atom. The van der Waals surface area contributed by atoms with Gasteiger partial charge >= 0.3 is 18.0 Å². The summed E-state index contributed by atoms with van der Waals surface area (Å²) >= 11 is 0.932. The van der Waals surface area contributed by atoms with Crippen LogP contribution >= 0.6 is 11.3 Å². The Kier molecular flexibility index (Phi) is 6.91. The van der Waals surface area contributed by atoms with Gasteiger partial charge in [0.15, 0.2) is 0 Å². The van der Waals surface area contributed by atoms with Crippen molar-refractivity contribution in [2.75, 3.05) is 20.3 Å². The molecule has 0 fully saturated rings. The second-order valence-corrected chi connectivity index (χ2v) is 7.94. The van der Waals surface area contributed by atoms with Crippen LogP contribution in [0.4, 0.5) is 0 Å². The summed E-state index contributed by atoms with van der Waals surface area (Å²) in [6.45, 7) is 4.11. The number of nitrogens with zero attached hydrogens (tertiary/aromatic N) is 6. The van der Waals surface area contributed by atoms with Crippen LogP contribution in [0.25, 0.3) is 5.95 Å². The fourth-order valence-electron chi connectivity index (χ4n) is 2.35. The highest BCUT2D eigenvalue weighted by molar-refractivity contribution is 7.90. The molecule has 3 rings (SSSR count). The highest BCUT2D eigenvalue weighted by Gasteiger charge is 2.23. The first-order chi connectivity index (χ1) is 14.9. The van der Waals surface area contributed by atoms with Gasteiger partial charge in [0.05, 0.1) is 25.9 Å². The first kappa shape index (κ1) is 22.3. The third kappa shape index (κ3) is 5.03. The van der Waals surface area contributed by atoms with Crippen molar-refractivity contribution in [3.63, 3.8) is 0 Å². The highest BCUT2D eigenvalue weighted by Crippen LogP contribution is 2.19. The van der Waals surface area contributed by atoms with Gasteiger partial charge in [0, 0.05) is 0 Å². The average Bonchev–Trinajstić information content (AvgIpc) is 3.21. The van der Waals surface area contributed by atoms with E-state index in [9.17, 15) is 13.2 Å². The summed E-state index contributed by atoms with van der Waals surface area (Å²) < 4.78 is 46.1. The van der Waals surface area contributed by atoms with Crippen LogP contribution in [-0.4, -0.2) is 59.4 Å². The summed E-state index contributed by atoms with van der Waals surface area (Å²) in [5.41, 5.74) is 1.23. The maximum absolute atomic E-state index is 13.0. The molecule has 0 N–H and O–H groups in total. The largest absolute Gasteiger partial charge is 0.465 e. The highest BCUT2D eigenvalue weighted by atomic mass is 32.2. The zero-order chi connectivity index (χ0) is 22.4. The molecule has 164 valence electrons. The summed E-state index contributed by atoms with van der Waals surface area (Å²) in [5.74, 6) is -0.843.